The number of amides is 1. The van der Waals surface area contributed by atoms with Gasteiger partial charge in [-0.25, -0.2) is 4.79 Å². The van der Waals surface area contributed by atoms with Crippen LogP contribution in [-0.4, -0.2) is 25.0 Å². The lowest BCUT2D eigenvalue weighted by molar-refractivity contribution is -0.122. The monoisotopic (exact) mass is 404 g/mol. The minimum absolute atomic E-state index is 0.0639. The number of fused-ring (bicyclic) bond motifs is 1. The number of benzene rings is 2. The smallest absolute Gasteiger partial charge is 0.338 e. The molecule has 1 amide bonds. The Morgan fingerprint density at radius 3 is 2.73 bits per heavy atom. The van der Waals surface area contributed by atoms with E-state index in [0.29, 0.717) is 18.5 Å². The molecule has 2 heterocycles. The van der Waals surface area contributed by atoms with Crippen LogP contribution in [0.15, 0.2) is 69.9 Å². The van der Waals surface area contributed by atoms with Crippen LogP contribution in [0.25, 0.3) is 11.0 Å². The van der Waals surface area contributed by atoms with Crippen molar-refractivity contribution < 1.29 is 9.21 Å². The minimum atomic E-state index is -0.342. The van der Waals surface area contributed by atoms with Crippen LogP contribution in [-0.2, 0) is 4.79 Å². The van der Waals surface area contributed by atoms with Crippen molar-refractivity contribution in [1.82, 2.24) is 5.32 Å². The molecule has 1 saturated heterocycles. The number of nitrogens with zero attached hydrogens (tertiary/aromatic N) is 1. The molecular weight excluding hydrogens is 376 g/mol. The average molecular weight is 405 g/mol. The summed E-state index contributed by atoms with van der Waals surface area (Å²) in [5, 5.41) is 4.17. The first-order valence-corrected chi connectivity index (χ1v) is 10.7. The van der Waals surface area contributed by atoms with Crippen molar-refractivity contribution in [3.63, 3.8) is 0 Å². The van der Waals surface area contributed by atoms with Crippen molar-refractivity contribution in [2.75, 3.05) is 18.0 Å². The highest BCUT2D eigenvalue weighted by Crippen LogP contribution is 2.27. The average Bonchev–Trinajstić information content (AvgIpc) is 2.99. The second-order valence-electron chi connectivity index (χ2n) is 8.17. The maximum Gasteiger partial charge on any atom is 0.338 e. The van der Waals surface area contributed by atoms with Crippen LogP contribution in [0.4, 0.5) is 5.69 Å². The van der Waals surface area contributed by atoms with Crippen molar-refractivity contribution in [2.45, 2.75) is 44.6 Å². The lowest BCUT2D eigenvalue weighted by atomic mass is 9.97. The van der Waals surface area contributed by atoms with Crippen molar-refractivity contribution in [3.05, 3.63) is 76.6 Å². The summed E-state index contributed by atoms with van der Waals surface area (Å²) in [4.78, 5) is 27.0. The Bertz CT molecular complexity index is 1060. The van der Waals surface area contributed by atoms with Gasteiger partial charge in [-0.2, -0.15) is 0 Å². The molecule has 2 aromatic carbocycles. The van der Waals surface area contributed by atoms with Gasteiger partial charge in [0.2, 0.25) is 5.91 Å². The van der Waals surface area contributed by atoms with Gasteiger partial charge in [0.1, 0.15) is 5.58 Å². The van der Waals surface area contributed by atoms with Crippen LogP contribution in [0.5, 0.6) is 0 Å². The van der Waals surface area contributed by atoms with E-state index in [4.69, 9.17) is 4.42 Å². The fourth-order valence-electron chi connectivity index (χ4n) is 4.30. The number of nitrogens with one attached hydrogen (secondary N) is 1. The van der Waals surface area contributed by atoms with Gasteiger partial charge in [0, 0.05) is 37.0 Å². The first kappa shape index (κ1) is 20.2. The van der Waals surface area contributed by atoms with Gasteiger partial charge in [-0.1, -0.05) is 49.4 Å². The molecule has 3 aromatic rings. The summed E-state index contributed by atoms with van der Waals surface area (Å²) in [5.41, 5.74) is 2.32. The Labute approximate surface area is 176 Å². The van der Waals surface area contributed by atoms with Gasteiger partial charge >= 0.3 is 5.63 Å². The Morgan fingerprint density at radius 2 is 1.90 bits per heavy atom. The molecule has 30 heavy (non-hydrogen) atoms. The van der Waals surface area contributed by atoms with Crippen LogP contribution in [0.2, 0.25) is 0 Å². The molecule has 0 aliphatic carbocycles. The normalized spacial score (nSPS) is 18.0. The third-order valence-corrected chi connectivity index (χ3v) is 5.87. The Hall–Kier alpha value is -3.08. The summed E-state index contributed by atoms with van der Waals surface area (Å²) >= 11 is 0. The zero-order chi connectivity index (χ0) is 20.9. The largest absolute Gasteiger partial charge is 0.423 e. The number of carbonyl (C=O) groups is 1. The first-order chi connectivity index (χ1) is 14.6. The Morgan fingerprint density at radius 1 is 1.13 bits per heavy atom. The maximum atomic E-state index is 12.7. The molecule has 0 saturated carbocycles. The van der Waals surface area contributed by atoms with E-state index in [-0.39, 0.29) is 23.5 Å². The molecule has 4 rings (SSSR count). The SMILES string of the molecule is CC(CC(=O)N[C@H]1CCCCN(c2cc(=O)oc3ccccc23)C1)c1ccccc1. The molecule has 1 aliphatic rings. The molecule has 1 N–H and O–H groups in total. The molecule has 2 atom stereocenters. The highest BCUT2D eigenvalue weighted by molar-refractivity contribution is 5.90. The number of carbonyl (C=O) groups excluding carboxylic acids is 1. The lowest BCUT2D eigenvalue weighted by Crippen LogP contribution is -2.43. The summed E-state index contributed by atoms with van der Waals surface area (Å²) in [6.45, 7) is 3.64. The highest BCUT2D eigenvalue weighted by atomic mass is 16.4. The van der Waals surface area contributed by atoms with E-state index in [1.165, 1.54) is 5.56 Å². The van der Waals surface area contributed by atoms with Crippen molar-refractivity contribution in [3.8, 4) is 0 Å². The van der Waals surface area contributed by atoms with Crippen LogP contribution in [0.3, 0.4) is 0 Å². The second-order valence-corrected chi connectivity index (χ2v) is 8.17. The molecule has 1 unspecified atom stereocenters. The topological polar surface area (TPSA) is 62.6 Å². The highest BCUT2D eigenvalue weighted by Gasteiger charge is 2.23. The number of rotatable bonds is 5. The molecule has 5 nitrogen and oxygen atoms in total. The zero-order valence-electron chi connectivity index (χ0n) is 17.3. The standard InChI is InChI=1S/C25H28N2O3/c1-18(19-9-3-2-4-10-19)15-24(28)26-20-11-7-8-14-27(17-20)22-16-25(29)30-23-13-6-5-12-21(22)23/h2-6,9-10,12-13,16,18,20H,7-8,11,14-15,17H2,1H3,(H,26,28)/t18?,20-/m0/s1. The van der Waals surface area contributed by atoms with Gasteiger partial charge in [-0.3, -0.25) is 4.79 Å². The number of hydrogen-bond acceptors (Lipinski definition) is 4. The van der Waals surface area contributed by atoms with Gasteiger partial charge in [-0.05, 0) is 42.9 Å². The van der Waals surface area contributed by atoms with Crippen molar-refractivity contribution >= 4 is 22.6 Å². The summed E-state index contributed by atoms with van der Waals surface area (Å²) in [6.07, 6.45) is 3.50. The molecule has 5 heteroatoms. The van der Waals surface area contributed by atoms with E-state index >= 15 is 0 Å². The van der Waals surface area contributed by atoms with E-state index in [2.05, 4.69) is 29.3 Å². The van der Waals surface area contributed by atoms with Crippen LogP contribution < -0.4 is 15.8 Å². The first-order valence-electron chi connectivity index (χ1n) is 10.7. The second kappa shape index (κ2) is 9.16. The lowest BCUT2D eigenvalue weighted by Gasteiger charge is -2.28. The van der Waals surface area contributed by atoms with E-state index in [1.54, 1.807) is 6.07 Å². The summed E-state index contributed by atoms with van der Waals surface area (Å²) < 4.78 is 5.35. The van der Waals surface area contributed by atoms with Gasteiger partial charge in [0.25, 0.3) is 0 Å². The fraction of sp³-hybridized carbons (Fsp3) is 0.360. The molecular formula is C25H28N2O3. The van der Waals surface area contributed by atoms with Crippen molar-refractivity contribution in [1.29, 1.82) is 0 Å². The number of hydrogen-bond donors (Lipinski definition) is 1. The zero-order valence-corrected chi connectivity index (χ0v) is 17.3. The molecule has 1 aliphatic heterocycles. The third-order valence-electron chi connectivity index (χ3n) is 5.87. The van der Waals surface area contributed by atoms with Gasteiger partial charge in [0.15, 0.2) is 0 Å². The van der Waals surface area contributed by atoms with Crippen molar-refractivity contribution in [2.24, 2.45) is 0 Å². The minimum Gasteiger partial charge on any atom is -0.423 e. The van der Waals surface area contributed by atoms with Gasteiger partial charge in [-0.15, -0.1) is 0 Å². The van der Waals surface area contributed by atoms with E-state index in [9.17, 15) is 9.59 Å². The predicted octanol–water partition coefficient (Wildman–Crippen LogP) is 4.46. The molecule has 1 aromatic heterocycles. The number of anilines is 1. The third kappa shape index (κ3) is 4.73. The Balaban J connectivity index is 1.47. The molecule has 156 valence electrons. The predicted molar refractivity (Wildman–Crippen MR) is 120 cm³/mol. The van der Waals surface area contributed by atoms with Gasteiger partial charge in [0.05, 0.1) is 5.69 Å². The van der Waals surface area contributed by atoms with Crippen LogP contribution in [0.1, 0.15) is 44.1 Å². The summed E-state index contributed by atoms with van der Waals surface area (Å²) in [7, 11) is 0. The molecule has 0 spiro atoms. The Kier molecular flexibility index (Phi) is 6.17. The molecule has 1 fully saturated rings. The van der Waals surface area contributed by atoms with Crippen LogP contribution >= 0.6 is 0 Å². The summed E-state index contributed by atoms with van der Waals surface area (Å²) in [5.74, 6) is 0.256. The molecule has 0 bridgehead atoms. The van der Waals surface area contributed by atoms with E-state index in [1.807, 2.05) is 42.5 Å². The summed E-state index contributed by atoms with van der Waals surface area (Å²) in [6, 6.07) is 19.4. The quantitative estimate of drug-likeness (QED) is 0.638. The van der Waals surface area contributed by atoms with E-state index in [0.717, 1.165) is 36.9 Å². The number of para-hydroxylation sites is 1. The fourth-order valence-corrected chi connectivity index (χ4v) is 4.30. The van der Waals surface area contributed by atoms with Gasteiger partial charge < -0.3 is 14.6 Å². The molecule has 0 radical (unpaired) electrons. The van der Waals surface area contributed by atoms with Crippen LogP contribution in [0, 0.1) is 0 Å². The van der Waals surface area contributed by atoms with E-state index < -0.39 is 0 Å². The maximum absolute atomic E-state index is 12.7.